The normalized spacial score (nSPS) is 16.5. The van der Waals surface area contributed by atoms with Crippen LogP contribution in [0.15, 0.2) is 24.9 Å². The Labute approximate surface area is 103 Å². The summed E-state index contributed by atoms with van der Waals surface area (Å²) in [5.41, 5.74) is 0. The predicted octanol–water partition coefficient (Wildman–Crippen LogP) is 2.82. The van der Waals surface area contributed by atoms with Gasteiger partial charge in [0.05, 0.1) is 0 Å². The highest BCUT2D eigenvalue weighted by Gasteiger charge is 2.13. The van der Waals surface area contributed by atoms with E-state index < -0.39 is 0 Å². The summed E-state index contributed by atoms with van der Waals surface area (Å²) in [6.07, 6.45) is 10.0. The summed E-state index contributed by atoms with van der Waals surface area (Å²) in [4.78, 5) is 8.68. The zero-order chi connectivity index (χ0) is 11.9. The molecule has 92 valence electrons. The maximum Gasteiger partial charge on any atom is 0.224 e. The zero-order valence-electron chi connectivity index (χ0n) is 10.2. The highest BCUT2D eigenvalue weighted by Crippen LogP contribution is 2.20. The van der Waals surface area contributed by atoms with Crippen molar-refractivity contribution in [1.82, 2.24) is 9.97 Å². The lowest BCUT2D eigenvalue weighted by atomic mass is 9.96. The van der Waals surface area contributed by atoms with Crippen LogP contribution in [0.1, 0.15) is 32.1 Å². The third-order valence-electron chi connectivity index (χ3n) is 3.02. The van der Waals surface area contributed by atoms with E-state index in [2.05, 4.69) is 27.2 Å². The topological polar surface area (TPSA) is 49.8 Å². The quantitative estimate of drug-likeness (QED) is 0.766. The monoisotopic (exact) mass is 232 g/mol. The van der Waals surface area contributed by atoms with E-state index >= 15 is 0 Å². The molecular weight excluding hydrogens is 212 g/mol. The van der Waals surface area contributed by atoms with Gasteiger partial charge in [0.25, 0.3) is 0 Å². The van der Waals surface area contributed by atoms with Gasteiger partial charge in [-0.05, 0) is 18.9 Å². The summed E-state index contributed by atoms with van der Waals surface area (Å²) < 4.78 is 0. The molecule has 0 aromatic carbocycles. The molecule has 1 aliphatic carbocycles. The lowest BCUT2D eigenvalue weighted by Crippen LogP contribution is -2.23. The van der Waals surface area contributed by atoms with E-state index in [1.807, 2.05) is 12.1 Å². The third kappa shape index (κ3) is 3.73. The Morgan fingerprint density at radius 1 is 1.35 bits per heavy atom. The average molecular weight is 232 g/mol. The number of aromatic nitrogens is 2. The molecule has 4 nitrogen and oxygen atoms in total. The summed E-state index contributed by atoms with van der Waals surface area (Å²) in [6, 6.07) is 2.41. The molecule has 1 aromatic rings. The molecule has 2 N–H and O–H groups in total. The van der Waals surface area contributed by atoms with Crippen molar-refractivity contribution >= 4 is 11.8 Å². The molecule has 0 radical (unpaired) electrons. The SMILES string of the molecule is C=CCNc1ccnc(NC2CCCCC2)n1. The molecule has 0 atom stereocenters. The number of hydrogen-bond donors (Lipinski definition) is 2. The standard InChI is InChI=1S/C13H20N4/c1-2-9-14-12-8-10-15-13(17-12)16-11-6-4-3-5-7-11/h2,8,10-11H,1,3-7,9H2,(H2,14,15,16,17). The predicted molar refractivity (Wildman–Crippen MR) is 71.2 cm³/mol. The van der Waals surface area contributed by atoms with Crippen LogP contribution in [0.3, 0.4) is 0 Å². The van der Waals surface area contributed by atoms with Gasteiger partial charge < -0.3 is 10.6 Å². The van der Waals surface area contributed by atoms with Gasteiger partial charge in [-0.2, -0.15) is 4.98 Å². The number of nitrogens with one attached hydrogen (secondary N) is 2. The van der Waals surface area contributed by atoms with Gasteiger partial charge in [0, 0.05) is 18.8 Å². The molecule has 1 aliphatic rings. The third-order valence-corrected chi connectivity index (χ3v) is 3.02. The average Bonchev–Trinajstić information content (AvgIpc) is 2.38. The Morgan fingerprint density at radius 3 is 2.94 bits per heavy atom. The van der Waals surface area contributed by atoms with Crippen LogP contribution >= 0.6 is 0 Å². The fourth-order valence-corrected chi connectivity index (χ4v) is 2.13. The Hall–Kier alpha value is -1.58. The van der Waals surface area contributed by atoms with E-state index in [-0.39, 0.29) is 0 Å². The molecule has 0 spiro atoms. The highest BCUT2D eigenvalue weighted by atomic mass is 15.1. The largest absolute Gasteiger partial charge is 0.366 e. The number of nitrogens with zero attached hydrogens (tertiary/aromatic N) is 2. The molecule has 0 bridgehead atoms. The Morgan fingerprint density at radius 2 is 2.18 bits per heavy atom. The van der Waals surface area contributed by atoms with Crippen molar-refractivity contribution < 1.29 is 0 Å². The molecule has 0 aliphatic heterocycles. The molecular formula is C13H20N4. The summed E-state index contributed by atoms with van der Waals surface area (Å²) in [5.74, 6) is 1.57. The van der Waals surface area contributed by atoms with Crippen LogP contribution in [0.5, 0.6) is 0 Å². The summed E-state index contributed by atoms with van der Waals surface area (Å²) in [7, 11) is 0. The number of anilines is 2. The number of hydrogen-bond acceptors (Lipinski definition) is 4. The van der Waals surface area contributed by atoms with Crippen molar-refractivity contribution in [1.29, 1.82) is 0 Å². The van der Waals surface area contributed by atoms with Crippen molar-refractivity contribution in [2.24, 2.45) is 0 Å². The molecule has 0 saturated heterocycles. The minimum absolute atomic E-state index is 0.540. The summed E-state index contributed by atoms with van der Waals surface area (Å²) in [5, 5.41) is 6.57. The van der Waals surface area contributed by atoms with Crippen molar-refractivity contribution in [2.45, 2.75) is 38.1 Å². The van der Waals surface area contributed by atoms with Crippen molar-refractivity contribution in [2.75, 3.05) is 17.2 Å². The molecule has 4 heteroatoms. The number of rotatable bonds is 5. The van der Waals surface area contributed by atoms with Crippen LogP contribution in [0.2, 0.25) is 0 Å². The first-order valence-electron chi connectivity index (χ1n) is 6.33. The zero-order valence-corrected chi connectivity index (χ0v) is 10.2. The second-order valence-corrected chi connectivity index (χ2v) is 4.41. The van der Waals surface area contributed by atoms with Crippen molar-refractivity contribution in [3.8, 4) is 0 Å². The van der Waals surface area contributed by atoms with Crippen molar-refractivity contribution in [3.63, 3.8) is 0 Å². The molecule has 1 saturated carbocycles. The second-order valence-electron chi connectivity index (χ2n) is 4.41. The van der Waals surface area contributed by atoms with E-state index in [9.17, 15) is 0 Å². The fourth-order valence-electron chi connectivity index (χ4n) is 2.13. The van der Waals surface area contributed by atoms with Crippen LogP contribution in [0, 0.1) is 0 Å². The molecule has 1 heterocycles. The minimum Gasteiger partial charge on any atom is -0.366 e. The first-order valence-corrected chi connectivity index (χ1v) is 6.33. The lowest BCUT2D eigenvalue weighted by molar-refractivity contribution is 0.461. The van der Waals surface area contributed by atoms with Gasteiger partial charge in [-0.15, -0.1) is 6.58 Å². The van der Waals surface area contributed by atoms with Crippen LogP contribution in [0.25, 0.3) is 0 Å². The Bertz CT molecular complexity index is 358. The van der Waals surface area contributed by atoms with Gasteiger partial charge in [-0.1, -0.05) is 25.3 Å². The van der Waals surface area contributed by atoms with E-state index in [4.69, 9.17) is 0 Å². The first kappa shape index (κ1) is 11.9. The van der Waals surface area contributed by atoms with Gasteiger partial charge in [0.1, 0.15) is 5.82 Å². The smallest absolute Gasteiger partial charge is 0.224 e. The summed E-state index contributed by atoms with van der Waals surface area (Å²) in [6.45, 7) is 4.39. The van der Waals surface area contributed by atoms with Gasteiger partial charge in [0.15, 0.2) is 0 Å². The van der Waals surface area contributed by atoms with E-state index in [1.54, 1.807) is 6.20 Å². The maximum atomic E-state index is 4.42. The van der Waals surface area contributed by atoms with Crippen LogP contribution in [-0.4, -0.2) is 22.6 Å². The van der Waals surface area contributed by atoms with Gasteiger partial charge in [-0.3, -0.25) is 0 Å². The van der Waals surface area contributed by atoms with Crippen LogP contribution in [-0.2, 0) is 0 Å². The molecule has 17 heavy (non-hydrogen) atoms. The molecule has 1 aromatic heterocycles. The van der Waals surface area contributed by atoms with Crippen LogP contribution < -0.4 is 10.6 Å². The molecule has 1 fully saturated rings. The first-order chi connectivity index (χ1) is 8.38. The van der Waals surface area contributed by atoms with E-state index in [1.165, 1.54) is 32.1 Å². The van der Waals surface area contributed by atoms with Gasteiger partial charge in [-0.25, -0.2) is 4.98 Å². The van der Waals surface area contributed by atoms with E-state index in [0.29, 0.717) is 6.04 Å². The molecule has 2 rings (SSSR count). The van der Waals surface area contributed by atoms with Gasteiger partial charge in [0.2, 0.25) is 5.95 Å². The maximum absolute atomic E-state index is 4.42. The molecule has 0 amide bonds. The van der Waals surface area contributed by atoms with Crippen LogP contribution in [0.4, 0.5) is 11.8 Å². The Balaban J connectivity index is 1.92. The highest BCUT2D eigenvalue weighted by molar-refractivity contribution is 5.40. The van der Waals surface area contributed by atoms with Crippen molar-refractivity contribution in [3.05, 3.63) is 24.9 Å². The lowest BCUT2D eigenvalue weighted by Gasteiger charge is -2.22. The molecule has 0 unspecified atom stereocenters. The Kier molecular flexibility index (Phi) is 4.36. The van der Waals surface area contributed by atoms with E-state index in [0.717, 1.165) is 18.3 Å². The second kappa shape index (κ2) is 6.23. The summed E-state index contributed by atoms with van der Waals surface area (Å²) >= 11 is 0. The fraction of sp³-hybridized carbons (Fsp3) is 0.538. The minimum atomic E-state index is 0.540. The van der Waals surface area contributed by atoms with Gasteiger partial charge >= 0.3 is 0 Å².